The minimum Gasteiger partial charge on any atom is -0.510 e. The van der Waals surface area contributed by atoms with Crippen molar-refractivity contribution in [2.75, 3.05) is 19.8 Å². The third-order valence-corrected chi connectivity index (χ3v) is 12.8. The number of hydrogen-bond donors (Lipinski definition) is 15. The van der Waals surface area contributed by atoms with Gasteiger partial charge in [0.2, 0.25) is 11.8 Å². The zero-order chi connectivity index (χ0) is 53.3. The molecule has 72 heavy (non-hydrogen) atoms. The van der Waals surface area contributed by atoms with Crippen molar-refractivity contribution in [1.29, 1.82) is 0 Å². The fourth-order valence-corrected chi connectivity index (χ4v) is 9.16. The van der Waals surface area contributed by atoms with Gasteiger partial charge in [-0.25, -0.2) is 9.59 Å². The second-order valence-electron chi connectivity index (χ2n) is 18.3. The number of aliphatic hydroxyl groups excluding tert-OH is 9. The topological polar surface area (TPSA) is 479 Å². The van der Waals surface area contributed by atoms with Crippen molar-refractivity contribution in [3.05, 3.63) is 11.5 Å². The summed E-state index contributed by atoms with van der Waals surface area (Å²) in [7, 11) is 0. The number of aliphatic carboxylic acids is 1. The van der Waals surface area contributed by atoms with E-state index in [9.17, 15) is 84.9 Å². The maximum absolute atomic E-state index is 13.2. The molecule has 0 saturated carbocycles. The highest BCUT2D eigenvalue weighted by Gasteiger charge is 2.59. The van der Waals surface area contributed by atoms with E-state index < -0.39 is 207 Å². The number of allylic oxidation sites excluding steroid dienone is 2. The smallest absolute Gasteiger partial charge is 0.404 e. The average molecular weight is 1040 g/mol. The molecule has 1 aliphatic carbocycles. The van der Waals surface area contributed by atoms with E-state index >= 15 is 0 Å². The molecule has 5 heterocycles. The molecule has 23 atom stereocenters. The molecule has 408 valence electrons. The van der Waals surface area contributed by atoms with E-state index in [0.717, 1.165) is 20.8 Å². The number of amides is 4. The molecule has 5 saturated heterocycles. The first-order valence-corrected chi connectivity index (χ1v) is 22.7. The number of aliphatic hydroxyl groups is 10. The molecule has 0 radical (unpaired) electrons. The molecule has 0 aromatic carbocycles. The summed E-state index contributed by atoms with van der Waals surface area (Å²) in [4.78, 5) is 74.9. The van der Waals surface area contributed by atoms with Gasteiger partial charge in [0.25, 0.3) is 5.91 Å². The second kappa shape index (κ2) is 23.5. The number of carbonyl (C=O) groups is 6. The Bertz CT molecular complexity index is 2010. The highest BCUT2D eigenvalue weighted by Crippen LogP contribution is 2.37. The molecule has 4 amide bonds. The molecule has 5 fully saturated rings. The van der Waals surface area contributed by atoms with Crippen LogP contribution in [0.15, 0.2) is 11.5 Å². The van der Waals surface area contributed by atoms with Gasteiger partial charge in [0.15, 0.2) is 49.3 Å². The van der Waals surface area contributed by atoms with Crippen molar-refractivity contribution in [3.8, 4) is 0 Å². The van der Waals surface area contributed by atoms with Gasteiger partial charge in [-0.15, -0.1) is 0 Å². The van der Waals surface area contributed by atoms with Crippen LogP contribution in [0.25, 0.3) is 0 Å². The van der Waals surface area contributed by atoms with Crippen molar-refractivity contribution < 1.29 is 132 Å². The monoisotopic (exact) mass is 1040 g/mol. The van der Waals surface area contributed by atoms with Crippen LogP contribution >= 0.6 is 0 Å². The van der Waals surface area contributed by atoms with Gasteiger partial charge in [0.1, 0.15) is 90.2 Å². The van der Waals surface area contributed by atoms with Crippen LogP contribution in [0.5, 0.6) is 0 Å². The highest BCUT2D eigenvalue weighted by atomic mass is 16.8. The first-order chi connectivity index (χ1) is 33.7. The molecule has 6 rings (SSSR count). The number of ketones is 1. The summed E-state index contributed by atoms with van der Waals surface area (Å²) in [6, 6.07) is -3.45. The van der Waals surface area contributed by atoms with Crippen LogP contribution in [0.3, 0.4) is 0 Å². The summed E-state index contributed by atoms with van der Waals surface area (Å²) in [5, 5.41) is 126. The van der Waals surface area contributed by atoms with E-state index in [0.29, 0.717) is 0 Å². The van der Waals surface area contributed by atoms with Crippen LogP contribution in [0.1, 0.15) is 47.0 Å². The molecule has 16 N–H and O–H groups in total. The molecule has 6 aliphatic rings. The fraction of sp³-hybridized carbons (Fsp3) is 0.805. The normalized spacial score (nSPS) is 43.7. The van der Waals surface area contributed by atoms with Gasteiger partial charge in [-0.1, -0.05) is 0 Å². The predicted octanol–water partition coefficient (Wildman–Crippen LogP) is -8.06. The first kappa shape index (κ1) is 56.9. The van der Waals surface area contributed by atoms with Crippen molar-refractivity contribution in [3.63, 3.8) is 0 Å². The summed E-state index contributed by atoms with van der Waals surface area (Å²) in [5.41, 5.74) is 2.25. The molecule has 0 aromatic rings. The summed E-state index contributed by atoms with van der Waals surface area (Å²) >= 11 is 0. The molecule has 31 nitrogen and oxygen atoms in total. The van der Waals surface area contributed by atoms with Crippen molar-refractivity contribution in [1.82, 2.24) is 16.0 Å². The van der Waals surface area contributed by atoms with Gasteiger partial charge in [-0.05, 0) is 13.8 Å². The Balaban J connectivity index is 1.28. The lowest BCUT2D eigenvalue weighted by molar-refractivity contribution is -0.364. The van der Waals surface area contributed by atoms with Crippen molar-refractivity contribution >= 4 is 35.6 Å². The summed E-state index contributed by atoms with van der Waals surface area (Å²) in [5.74, 6) is -5.62. The molecule has 31 heteroatoms. The third-order valence-electron chi connectivity index (χ3n) is 12.8. The lowest BCUT2D eigenvalue weighted by atomic mass is 9.86. The number of hydrogen-bond acceptors (Lipinski definition) is 26. The average Bonchev–Trinajstić information content (AvgIpc) is 3.61. The standard InChI is InChI=1S/C41H62N4O27/c1-11-29(69-39-28(57)26(55)27(56)31(71-39)34(58)45-20-15(49)5-6-16(20)50)24(53)21(43-12(2)47)36(65-11)70-30-18(9-64-38-23(52)17(51)7-14(8-46)66-38)67-37(22(25(30)54)44-13(3)48)68-19-10-63-33(35(59)60)41(4,62)32(19)72-40(42)61/h11,14,17-19,21-33,36-39,46,49,51-57,62H,5-10H2,1-4H3,(H2,42,61)(H,43,47)(H,44,48)(H,45,58)(H,59,60)/t11-,14+,17+,18-,19+,21-,22-,23-,24-,25-,26+,27-,28-,29-,30-,31+,32-,33-,36+,37+,38-,39-,41+/m1/s1. The van der Waals surface area contributed by atoms with Crippen molar-refractivity contribution in [2.24, 2.45) is 5.73 Å². The zero-order valence-corrected chi connectivity index (χ0v) is 39.0. The second-order valence-corrected chi connectivity index (χ2v) is 18.3. The minimum atomic E-state index is -2.54. The first-order valence-electron chi connectivity index (χ1n) is 22.7. The van der Waals surface area contributed by atoms with E-state index in [-0.39, 0.29) is 19.3 Å². The maximum atomic E-state index is 13.2. The number of rotatable bonds is 16. The lowest BCUT2D eigenvalue weighted by Gasteiger charge is -2.51. The molecular weight excluding hydrogens is 980 g/mol. The molecule has 0 spiro atoms. The van der Waals surface area contributed by atoms with Gasteiger partial charge in [-0.2, -0.15) is 0 Å². The lowest BCUT2D eigenvalue weighted by Crippen LogP contribution is -2.71. The maximum Gasteiger partial charge on any atom is 0.404 e. The van der Waals surface area contributed by atoms with E-state index in [1.807, 2.05) is 0 Å². The van der Waals surface area contributed by atoms with Crippen LogP contribution in [0.2, 0.25) is 0 Å². The summed E-state index contributed by atoms with van der Waals surface area (Å²) in [6.45, 7) is 2.16. The number of nitrogens with two attached hydrogens (primary N) is 1. The fourth-order valence-electron chi connectivity index (χ4n) is 9.16. The van der Waals surface area contributed by atoms with Gasteiger partial charge >= 0.3 is 12.1 Å². The SMILES string of the molecule is CC(=O)N[C@H]1[C@H](O[C@H]2[C@H](O)[C@@H](NC(C)=O)[C@H](O[C@H]3CO[C@H](C(=O)O)[C@@](C)(O)[C@@H]3OC(N)=O)O[C@@H]2CO[C@@H]2O[C@H](CO)C[C@H](O)[C@H]2O)O[C@H](C)[C@@H](O[C@@H]2O[C@H](C(=O)NC3=C(O)CCC3=O)[C@H](O)[C@H](O)[C@H]2O)[C@@H]1O. The van der Waals surface area contributed by atoms with Crippen LogP contribution < -0.4 is 21.7 Å². The Morgan fingerprint density at radius 2 is 1.39 bits per heavy atom. The van der Waals surface area contributed by atoms with Crippen LogP contribution in [-0.2, 0) is 71.3 Å². The minimum absolute atomic E-state index is 0.0787. The number of nitrogens with one attached hydrogen (secondary N) is 3. The Kier molecular flexibility index (Phi) is 18.5. The van der Waals surface area contributed by atoms with Crippen LogP contribution in [0, 0.1) is 0 Å². The van der Waals surface area contributed by atoms with E-state index in [1.54, 1.807) is 0 Å². The predicted molar refractivity (Wildman–Crippen MR) is 224 cm³/mol. The molecule has 0 aromatic heterocycles. The Morgan fingerprint density at radius 3 is 1.96 bits per heavy atom. The van der Waals surface area contributed by atoms with Gasteiger partial charge in [0, 0.05) is 33.1 Å². The number of carbonyl (C=O) groups excluding carboxylic acids is 5. The Morgan fingerprint density at radius 1 is 0.778 bits per heavy atom. The summed E-state index contributed by atoms with van der Waals surface area (Å²) < 4.78 is 57.9. The Labute approximate surface area is 407 Å². The van der Waals surface area contributed by atoms with Gasteiger partial charge < -0.3 is 125 Å². The largest absolute Gasteiger partial charge is 0.510 e. The van der Waals surface area contributed by atoms with Crippen LogP contribution in [0.4, 0.5) is 4.79 Å². The van der Waals surface area contributed by atoms with Gasteiger partial charge in [-0.3, -0.25) is 19.2 Å². The highest BCUT2D eigenvalue weighted by molar-refractivity contribution is 6.02. The summed E-state index contributed by atoms with van der Waals surface area (Å²) in [6.07, 6.45) is -38.2. The van der Waals surface area contributed by atoms with Crippen molar-refractivity contribution in [2.45, 2.75) is 187 Å². The van der Waals surface area contributed by atoms with E-state index in [1.165, 1.54) is 6.92 Å². The third kappa shape index (κ3) is 12.4. The molecule has 0 unspecified atom stereocenters. The van der Waals surface area contributed by atoms with E-state index in [4.69, 9.17) is 53.1 Å². The number of Topliss-reactive ketones (excluding diaryl/α,β-unsaturated/α-hetero) is 1. The molecule has 0 bridgehead atoms. The number of carboxylic acid groups (broad SMARTS) is 1. The quantitative estimate of drug-likeness (QED) is 0.0683. The number of ether oxygens (including phenoxy) is 10. The van der Waals surface area contributed by atoms with E-state index in [2.05, 4.69) is 16.0 Å². The number of carboxylic acids is 1. The number of primary amides is 1. The van der Waals surface area contributed by atoms with Crippen LogP contribution in [-0.4, -0.2) is 252 Å². The molecule has 5 aliphatic heterocycles. The zero-order valence-electron chi connectivity index (χ0n) is 39.0. The van der Waals surface area contributed by atoms with Gasteiger partial charge in [0.05, 0.1) is 38.1 Å². The molecular formula is C41H62N4O27. The Hall–Kier alpha value is -4.36.